The first-order valence-electron chi connectivity index (χ1n) is 8.85. The molecule has 0 saturated carbocycles. The Hall–Kier alpha value is -2.80. The largest absolute Gasteiger partial charge is 0.496 e. The van der Waals surface area contributed by atoms with Crippen molar-refractivity contribution >= 4 is 28.5 Å². The van der Waals surface area contributed by atoms with Gasteiger partial charge in [0.1, 0.15) is 11.4 Å². The van der Waals surface area contributed by atoms with Crippen molar-refractivity contribution in [1.29, 1.82) is 0 Å². The first-order valence-corrected chi connectivity index (χ1v) is 9.83. The molecule has 4 rings (SSSR count). The summed E-state index contributed by atoms with van der Waals surface area (Å²) in [6.45, 7) is 2.10. The van der Waals surface area contributed by atoms with Crippen molar-refractivity contribution in [3.05, 3.63) is 64.7 Å². The van der Waals surface area contributed by atoms with E-state index in [2.05, 4.69) is 12.2 Å². The van der Waals surface area contributed by atoms with Gasteiger partial charge in [-0.3, -0.25) is 15.1 Å². The highest BCUT2D eigenvalue weighted by Gasteiger charge is 2.35. The summed E-state index contributed by atoms with van der Waals surface area (Å²) < 4.78 is 5.53. The number of amides is 1. The van der Waals surface area contributed by atoms with Gasteiger partial charge in [-0.15, -0.1) is 5.10 Å². The second-order valence-corrected chi connectivity index (χ2v) is 7.25. The minimum absolute atomic E-state index is 0.161. The minimum Gasteiger partial charge on any atom is -0.496 e. The van der Waals surface area contributed by atoms with Crippen LogP contribution in [0.2, 0.25) is 0 Å². The van der Waals surface area contributed by atoms with Crippen LogP contribution in [-0.2, 0) is 4.79 Å². The molecule has 1 unspecified atom stereocenters. The van der Waals surface area contributed by atoms with Crippen LogP contribution in [0.15, 0.2) is 58.6 Å². The number of carbonyl (C=O) groups excluding carboxylic acids is 1. The lowest BCUT2D eigenvalue weighted by Gasteiger charge is -2.34. The van der Waals surface area contributed by atoms with Crippen LogP contribution < -0.4 is 20.6 Å². The predicted molar refractivity (Wildman–Crippen MR) is 107 cm³/mol. The molecule has 2 aliphatic heterocycles. The lowest BCUT2D eigenvalue weighted by atomic mass is 10.1. The third-order valence-electron chi connectivity index (χ3n) is 4.38. The zero-order chi connectivity index (χ0) is 18.8. The third kappa shape index (κ3) is 3.19. The fraction of sp³-hybridized carbons (Fsp3) is 0.250. The van der Waals surface area contributed by atoms with Gasteiger partial charge in [0.25, 0.3) is 5.91 Å². The number of carbonyl (C=O) groups is 1. The van der Waals surface area contributed by atoms with E-state index < -0.39 is 6.17 Å². The molecule has 7 heteroatoms. The maximum Gasteiger partial charge on any atom is 0.276 e. The van der Waals surface area contributed by atoms with Crippen molar-refractivity contribution in [2.45, 2.75) is 19.5 Å². The molecule has 27 heavy (non-hydrogen) atoms. The monoisotopic (exact) mass is 380 g/mol. The van der Waals surface area contributed by atoms with Gasteiger partial charge in [-0.05, 0) is 18.6 Å². The van der Waals surface area contributed by atoms with Crippen LogP contribution in [-0.4, -0.2) is 28.9 Å². The summed E-state index contributed by atoms with van der Waals surface area (Å²) in [5, 5.41) is 11.5. The number of thioether (sulfide) groups is 1. The molecule has 0 bridgehead atoms. The molecule has 0 aliphatic carbocycles. The number of hydrogen-bond acceptors (Lipinski definition) is 6. The zero-order valence-electron chi connectivity index (χ0n) is 15.2. The van der Waals surface area contributed by atoms with E-state index in [-0.39, 0.29) is 5.91 Å². The molecule has 0 spiro atoms. The molecule has 1 amide bonds. The van der Waals surface area contributed by atoms with Gasteiger partial charge < -0.3 is 4.74 Å². The summed E-state index contributed by atoms with van der Waals surface area (Å²) in [4.78, 5) is 17.8. The van der Waals surface area contributed by atoms with Crippen LogP contribution in [0, 0.1) is 0 Å². The Balaban J connectivity index is 1.92. The molecule has 6 nitrogen and oxygen atoms in total. The summed E-state index contributed by atoms with van der Waals surface area (Å²) in [5.74, 6) is 1.44. The molecule has 0 saturated heterocycles. The Morgan fingerprint density at radius 1 is 1.19 bits per heavy atom. The SMILES string of the molecule is CCCSC1=NN2C(=c3ccccc3=NC2c2ccccc2OC)C(=O)N1. The summed E-state index contributed by atoms with van der Waals surface area (Å²) in [7, 11) is 1.63. The molecule has 2 aliphatic rings. The summed E-state index contributed by atoms with van der Waals surface area (Å²) in [6, 6.07) is 15.3. The fourth-order valence-corrected chi connectivity index (χ4v) is 3.88. The van der Waals surface area contributed by atoms with Crippen LogP contribution in [0.1, 0.15) is 25.1 Å². The molecule has 1 atom stereocenters. The molecule has 1 N–H and O–H groups in total. The van der Waals surface area contributed by atoms with Crippen LogP contribution >= 0.6 is 11.8 Å². The highest BCUT2D eigenvalue weighted by atomic mass is 32.2. The Bertz CT molecular complexity index is 1030. The van der Waals surface area contributed by atoms with Gasteiger partial charge >= 0.3 is 0 Å². The van der Waals surface area contributed by atoms with Gasteiger partial charge in [0.2, 0.25) is 0 Å². The number of nitrogens with one attached hydrogen (secondary N) is 1. The molecule has 0 aromatic heterocycles. The van der Waals surface area contributed by atoms with Crippen LogP contribution in [0.4, 0.5) is 0 Å². The number of amidine groups is 1. The van der Waals surface area contributed by atoms with Gasteiger partial charge in [0.05, 0.1) is 12.5 Å². The maximum atomic E-state index is 12.9. The van der Waals surface area contributed by atoms with Crippen molar-refractivity contribution in [2.75, 3.05) is 12.9 Å². The van der Waals surface area contributed by atoms with E-state index in [1.807, 2.05) is 48.5 Å². The Morgan fingerprint density at radius 3 is 2.78 bits per heavy atom. The Kier molecular flexibility index (Phi) is 4.85. The first-order chi connectivity index (χ1) is 13.2. The van der Waals surface area contributed by atoms with Gasteiger partial charge in [-0.2, -0.15) is 0 Å². The van der Waals surface area contributed by atoms with Gasteiger partial charge in [-0.25, -0.2) is 5.01 Å². The summed E-state index contributed by atoms with van der Waals surface area (Å²) in [5.41, 5.74) is 1.38. The van der Waals surface area contributed by atoms with E-state index >= 15 is 0 Å². The molecular formula is C20H20N4O2S. The quantitative estimate of drug-likeness (QED) is 0.881. The lowest BCUT2D eigenvalue weighted by Crippen LogP contribution is -2.50. The van der Waals surface area contributed by atoms with Crippen molar-refractivity contribution in [1.82, 2.24) is 10.3 Å². The average Bonchev–Trinajstić information content (AvgIpc) is 2.71. The summed E-state index contributed by atoms with van der Waals surface area (Å²) >= 11 is 1.54. The zero-order valence-corrected chi connectivity index (χ0v) is 16.0. The van der Waals surface area contributed by atoms with Crippen molar-refractivity contribution in [3.63, 3.8) is 0 Å². The molecular weight excluding hydrogens is 360 g/mol. The molecule has 0 radical (unpaired) electrons. The molecule has 2 aromatic rings. The predicted octanol–water partition coefficient (Wildman–Crippen LogP) is 1.98. The average molecular weight is 380 g/mol. The second-order valence-electron chi connectivity index (χ2n) is 6.16. The normalized spacial score (nSPS) is 18.1. The van der Waals surface area contributed by atoms with E-state index in [1.165, 1.54) is 11.8 Å². The summed E-state index contributed by atoms with van der Waals surface area (Å²) in [6.07, 6.45) is 0.536. The number of ether oxygens (including phenoxy) is 1. The van der Waals surface area contributed by atoms with Gasteiger partial charge in [-0.1, -0.05) is 55.1 Å². The van der Waals surface area contributed by atoms with Crippen molar-refractivity contribution in [2.24, 2.45) is 10.1 Å². The van der Waals surface area contributed by atoms with Crippen LogP contribution in [0.5, 0.6) is 5.75 Å². The van der Waals surface area contributed by atoms with E-state index in [1.54, 1.807) is 12.1 Å². The third-order valence-corrected chi connectivity index (χ3v) is 5.44. The van der Waals surface area contributed by atoms with Crippen molar-refractivity contribution in [3.8, 4) is 5.75 Å². The van der Waals surface area contributed by atoms with Crippen LogP contribution in [0.3, 0.4) is 0 Å². The van der Waals surface area contributed by atoms with Gasteiger partial charge in [0, 0.05) is 16.5 Å². The van der Waals surface area contributed by atoms with E-state index in [9.17, 15) is 4.79 Å². The number of fused-ring (bicyclic) bond motifs is 2. The highest BCUT2D eigenvalue weighted by Crippen LogP contribution is 2.35. The standard InChI is InChI=1S/C20H20N4O2S/c1-3-12-27-20-22-19(25)17-13-8-4-6-10-15(13)21-18(24(17)23-20)14-9-5-7-11-16(14)26-2/h4-11,18H,3,12H2,1-2H3,(H,22,23,25). The van der Waals surface area contributed by atoms with Crippen molar-refractivity contribution < 1.29 is 9.53 Å². The number of methoxy groups -OCH3 is 1. The smallest absolute Gasteiger partial charge is 0.276 e. The topological polar surface area (TPSA) is 66.3 Å². The lowest BCUT2D eigenvalue weighted by molar-refractivity contribution is -0.116. The number of nitrogens with zero attached hydrogens (tertiary/aromatic N) is 3. The van der Waals surface area contributed by atoms with E-state index in [4.69, 9.17) is 14.8 Å². The number of benzene rings is 2. The van der Waals surface area contributed by atoms with E-state index in [0.29, 0.717) is 16.6 Å². The number of rotatable bonds is 4. The first kappa shape index (κ1) is 17.6. The highest BCUT2D eigenvalue weighted by molar-refractivity contribution is 8.13. The molecule has 0 fully saturated rings. The van der Waals surface area contributed by atoms with Gasteiger partial charge in [0.15, 0.2) is 11.3 Å². The second kappa shape index (κ2) is 7.44. The minimum atomic E-state index is -0.464. The van der Waals surface area contributed by atoms with E-state index in [0.717, 1.165) is 28.3 Å². The number of para-hydroxylation sites is 2. The Labute approximate surface area is 161 Å². The molecule has 2 heterocycles. The van der Waals surface area contributed by atoms with Crippen LogP contribution in [0.25, 0.3) is 5.70 Å². The number of hydrazone groups is 1. The molecule has 138 valence electrons. The Morgan fingerprint density at radius 2 is 1.96 bits per heavy atom. The maximum absolute atomic E-state index is 12.9. The fourth-order valence-electron chi connectivity index (χ4n) is 3.17. The molecule has 2 aromatic carbocycles. The number of hydrogen-bond donors (Lipinski definition) is 1.